The van der Waals surface area contributed by atoms with Gasteiger partial charge in [0, 0.05) is 25.7 Å². The summed E-state index contributed by atoms with van der Waals surface area (Å²) in [5.74, 6) is -0.540. The molecule has 19 heteroatoms. The molecule has 0 radical (unpaired) electrons. The number of aliphatic hydroxyl groups excluding tert-OH is 1. The van der Waals surface area contributed by atoms with Crippen LogP contribution in [0.15, 0.2) is 0 Å². The summed E-state index contributed by atoms with van der Waals surface area (Å²) < 4.78 is 68.6. The second-order valence-electron chi connectivity index (χ2n) is 29.8. The third-order valence-corrected chi connectivity index (χ3v) is 20.6. The highest BCUT2D eigenvalue weighted by atomic mass is 31.2. The Bertz CT molecular complexity index is 1910. The van der Waals surface area contributed by atoms with Gasteiger partial charge in [-0.3, -0.25) is 37.3 Å². The Balaban J connectivity index is 5.20. The van der Waals surface area contributed by atoms with Crippen LogP contribution in [-0.4, -0.2) is 96.7 Å². The highest BCUT2D eigenvalue weighted by Gasteiger charge is 2.30. The van der Waals surface area contributed by atoms with E-state index in [-0.39, 0.29) is 25.7 Å². The van der Waals surface area contributed by atoms with Crippen LogP contribution in [0.4, 0.5) is 0 Å². The Kier molecular flexibility index (Phi) is 70.3. The number of ether oxygens (including phenoxy) is 4. The predicted molar refractivity (Wildman–Crippen MR) is 405 cm³/mol. The molecule has 0 rings (SSSR count). The number of phosphoric ester groups is 2. The van der Waals surface area contributed by atoms with E-state index >= 15 is 0 Å². The van der Waals surface area contributed by atoms with Crippen LogP contribution in [0.5, 0.6) is 0 Å². The molecule has 0 bridgehead atoms. The molecule has 0 amide bonds. The fourth-order valence-corrected chi connectivity index (χ4v) is 13.9. The van der Waals surface area contributed by atoms with Crippen LogP contribution in [0, 0.1) is 11.8 Å². The van der Waals surface area contributed by atoms with Crippen LogP contribution >= 0.6 is 15.6 Å². The van der Waals surface area contributed by atoms with Crippen molar-refractivity contribution in [1.29, 1.82) is 0 Å². The number of esters is 4. The zero-order valence-corrected chi connectivity index (χ0v) is 66.6. The van der Waals surface area contributed by atoms with Crippen LogP contribution in [0.2, 0.25) is 0 Å². The molecular formula is C80H156O17P2. The number of carbonyl (C=O) groups excluding carboxylic acids is 4. The van der Waals surface area contributed by atoms with Crippen molar-refractivity contribution >= 4 is 39.5 Å². The summed E-state index contributed by atoms with van der Waals surface area (Å²) in [4.78, 5) is 72.9. The lowest BCUT2D eigenvalue weighted by molar-refractivity contribution is -0.161. The molecule has 0 aliphatic heterocycles. The van der Waals surface area contributed by atoms with E-state index in [1.54, 1.807) is 0 Å². The molecule has 0 saturated carbocycles. The summed E-state index contributed by atoms with van der Waals surface area (Å²) in [6.07, 6.45) is 61.1. The first-order valence-corrected chi connectivity index (χ1v) is 44.5. The maximum atomic E-state index is 13.1. The summed E-state index contributed by atoms with van der Waals surface area (Å²) in [6, 6.07) is 0. The minimum atomic E-state index is -4.96. The number of aliphatic hydroxyl groups is 1. The maximum Gasteiger partial charge on any atom is 0.472 e. The van der Waals surface area contributed by atoms with Gasteiger partial charge in [0.05, 0.1) is 26.4 Å². The van der Waals surface area contributed by atoms with Crippen molar-refractivity contribution in [3.8, 4) is 0 Å². The summed E-state index contributed by atoms with van der Waals surface area (Å²) >= 11 is 0. The molecule has 3 N–H and O–H groups in total. The number of rotatable bonds is 79. The molecule has 17 nitrogen and oxygen atoms in total. The Morgan fingerprint density at radius 3 is 0.687 bits per heavy atom. The lowest BCUT2D eigenvalue weighted by Crippen LogP contribution is -2.30. The first-order chi connectivity index (χ1) is 47.9. The first kappa shape index (κ1) is 97.1. The Morgan fingerprint density at radius 1 is 0.273 bits per heavy atom. The van der Waals surface area contributed by atoms with Crippen molar-refractivity contribution in [2.45, 2.75) is 439 Å². The number of hydrogen-bond acceptors (Lipinski definition) is 15. The second kappa shape index (κ2) is 71.7. The van der Waals surface area contributed by atoms with Gasteiger partial charge in [-0.05, 0) is 37.5 Å². The molecule has 0 aliphatic rings. The van der Waals surface area contributed by atoms with Crippen molar-refractivity contribution in [2.75, 3.05) is 39.6 Å². The van der Waals surface area contributed by atoms with Crippen molar-refractivity contribution in [3.63, 3.8) is 0 Å². The largest absolute Gasteiger partial charge is 0.472 e. The normalized spacial score (nSPS) is 13.9. The van der Waals surface area contributed by atoms with Crippen LogP contribution < -0.4 is 0 Å². The van der Waals surface area contributed by atoms with Gasteiger partial charge in [-0.2, -0.15) is 0 Å². The molecule has 0 aromatic rings. The highest BCUT2D eigenvalue weighted by molar-refractivity contribution is 7.47. The highest BCUT2D eigenvalue weighted by Crippen LogP contribution is 2.45. The number of carbonyl (C=O) groups is 4. The first-order valence-electron chi connectivity index (χ1n) is 41.5. The molecule has 0 spiro atoms. The van der Waals surface area contributed by atoms with Gasteiger partial charge in [0.2, 0.25) is 0 Å². The van der Waals surface area contributed by atoms with E-state index in [1.807, 2.05) is 0 Å². The van der Waals surface area contributed by atoms with Gasteiger partial charge in [-0.1, -0.05) is 369 Å². The standard InChI is InChI=1S/C80H156O17P2/c1-7-9-11-13-15-17-18-19-20-21-22-23-26-30-35-40-46-52-58-64-79(84)97-76(69-91-78(83)63-57-51-45-39-34-29-27-24-25-28-32-37-42-48-54-60-72(3)4)71-95-99(88,89)93-67-74(81)66-92-98(86,87)94-70-75(68-90-77(82)62-56-50-44-16-14-12-10-8-2)96-80(85)65-59-53-47-41-36-31-33-38-43-49-55-61-73(5)6/h72-76,81H,7-71H2,1-6H3,(H,86,87)(H,88,89)/t74-,75+,76+/m0/s1. The fraction of sp³-hybridized carbons (Fsp3) is 0.950. The van der Waals surface area contributed by atoms with Crippen LogP contribution in [0.1, 0.15) is 420 Å². The molecule has 0 saturated heterocycles. The molecule has 0 aromatic carbocycles. The molecule has 5 atom stereocenters. The van der Waals surface area contributed by atoms with E-state index < -0.39 is 97.5 Å². The Labute approximate surface area is 607 Å². The van der Waals surface area contributed by atoms with Gasteiger partial charge in [-0.15, -0.1) is 0 Å². The fourth-order valence-electron chi connectivity index (χ4n) is 12.4. The summed E-state index contributed by atoms with van der Waals surface area (Å²) in [5, 5.41) is 10.6. The molecule has 99 heavy (non-hydrogen) atoms. The number of phosphoric acid groups is 2. The Morgan fingerprint density at radius 2 is 0.465 bits per heavy atom. The van der Waals surface area contributed by atoms with E-state index in [2.05, 4.69) is 41.5 Å². The summed E-state index contributed by atoms with van der Waals surface area (Å²) in [5.41, 5.74) is 0. The number of unbranched alkanes of at least 4 members (excludes halogenated alkanes) is 49. The maximum absolute atomic E-state index is 13.1. The predicted octanol–water partition coefficient (Wildman–Crippen LogP) is 23.9. The van der Waals surface area contributed by atoms with E-state index in [0.29, 0.717) is 25.7 Å². The van der Waals surface area contributed by atoms with Gasteiger partial charge in [0.1, 0.15) is 19.3 Å². The van der Waals surface area contributed by atoms with Crippen molar-refractivity contribution in [2.24, 2.45) is 11.8 Å². The van der Waals surface area contributed by atoms with Gasteiger partial charge in [-0.25, -0.2) is 9.13 Å². The van der Waals surface area contributed by atoms with E-state index in [9.17, 15) is 43.2 Å². The molecular weight excluding hydrogens is 1290 g/mol. The van der Waals surface area contributed by atoms with Crippen molar-refractivity contribution in [3.05, 3.63) is 0 Å². The molecule has 0 heterocycles. The van der Waals surface area contributed by atoms with Gasteiger partial charge in [0.15, 0.2) is 12.2 Å². The van der Waals surface area contributed by atoms with Crippen LogP contribution in [0.25, 0.3) is 0 Å². The molecule has 2 unspecified atom stereocenters. The van der Waals surface area contributed by atoms with Crippen molar-refractivity contribution < 1.29 is 80.2 Å². The third-order valence-electron chi connectivity index (χ3n) is 18.7. The smallest absolute Gasteiger partial charge is 0.462 e. The van der Waals surface area contributed by atoms with Gasteiger partial charge >= 0.3 is 39.5 Å². The summed E-state index contributed by atoms with van der Waals surface area (Å²) in [6.45, 7) is 9.63. The molecule has 0 fully saturated rings. The van der Waals surface area contributed by atoms with Crippen molar-refractivity contribution in [1.82, 2.24) is 0 Å². The van der Waals surface area contributed by atoms with Crippen LogP contribution in [-0.2, 0) is 65.4 Å². The van der Waals surface area contributed by atoms with Crippen LogP contribution in [0.3, 0.4) is 0 Å². The zero-order chi connectivity index (χ0) is 72.8. The monoisotopic (exact) mass is 1450 g/mol. The second-order valence-corrected chi connectivity index (χ2v) is 32.7. The quantitative estimate of drug-likeness (QED) is 0.0222. The SMILES string of the molecule is CCCCCCCCCCCCCCCCCCCCCC(=O)O[C@H](COC(=O)CCCCCCCCCCCCCCCCCC(C)C)COP(=O)(O)OC[C@@H](O)COP(=O)(O)OC[C@@H](COC(=O)CCCCCCCCCC)OC(=O)CCCCCCCCCCCCCC(C)C. The Hall–Kier alpha value is -1.94. The molecule has 588 valence electrons. The van der Waals surface area contributed by atoms with E-state index in [1.165, 1.54) is 231 Å². The average Bonchev–Trinajstić information content (AvgIpc) is 0.979. The van der Waals surface area contributed by atoms with Gasteiger partial charge < -0.3 is 33.8 Å². The topological polar surface area (TPSA) is 237 Å². The minimum Gasteiger partial charge on any atom is -0.462 e. The lowest BCUT2D eigenvalue weighted by Gasteiger charge is -2.21. The lowest BCUT2D eigenvalue weighted by atomic mass is 10.0. The molecule has 0 aromatic heterocycles. The minimum absolute atomic E-state index is 0.106. The average molecular weight is 1450 g/mol. The summed E-state index contributed by atoms with van der Waals surface area (Å²) in [7, 11) is -9.91. The third kappa shape index (κ3) is 74.1. The molecule has 0 aliphatic carbocycles. The van der Waals surface area contributed by atoms with E-state index in [0.717, 1.165) is 108 Å². The zero-order valence-electron chi connectivity index (χ0n) is 64.8. The van der Waals surface area contributed by atoms with Gasteiger partial charge in [0.25, 0.3) is 0 Å². The number of hydrogen-bond donors (Lipinski definition) is 3. The van der Waals surface area contributed by atoms with E-state index in [4.69, 9.17) is 37.0 Å².